The molecule has 1 N–H and O–H groups in total. The van der Waals surface area contributed by atoms with Crippen LogP contribution in [0, 0.1) is 5.82 Å². The van der Waals surface area contributed by atoms with Gasteiger partial charge in [0.15, 0.2) is 0 Å². The van der Waals surface area contributed by atoms with Crippen LogP contribution in [0.2, 0.25) is 0 Å². The molecule has 0 unspecified atom stereocenters. The van der Waals surface area contributed by atoms with Crippen molar-refractivity contribution in [3.8, 4) is 0 Å². The molecule has 1 aliphatic rings. The van der Waals surface area contributed by atoms with E-state index in [1.807, 2.05) is 24.3 Å². The van der Waals surface area contributed by atoms with Gasteiger partial charge in [0.1, 0.15) is 5.82 Å². The van der Waals surface area contributed by atoms with Crippen LogP contribution in [0.15, 0.2) is 77.9 Å². The number of rotatable bonds is 5. The van der Waals surface area contributed by atoms with Crippen LogP contribution >= 0.6 is 0 Å². The molecule has 30 heavy (non-hydrogen) atoms. The van der Waals surface area contributed by atoms with E-state index in [4.69, 9.17) is 0 Å². The molecule has 3 aromatic rings. The molecule has 0 aliphatic carbocycles. The minimum absolute atomic E-state index is 0.269. The fourth-order valence-electron chi connectivity index (χ4n) is 3.66. The molecule has 0 atom stereocenters. The predicted octanol–water partition coefficient (Wildman–Crippen LogP) is 4.54. The Morgan fingerprint density at radius 2 is 1.63 bits per heavy atom. The maximum atomic E-state index is 13.0. The minimum atomic E-state index is -0.301. The van der Waals surface area contributed by atoms with Gasteiger partial charge in [0, 0.05) is 25.2 Å². The standard InChI is InChI=1S/C25H24FN3O/c1-18(20-10-12-24(26)13-11-20)27-28-25(30)22-8-6-19(7-9-22)16-29-15-14-21-4-2-3-5-23(21)17-29/h2-13H,14-17H2,1H3,(H,28,30). The van der Waals surface area contributed by atoms with Gasteiger partial charge < -0.3 is 0 Å². The maximum Gasteiger partial charge on any atom is 0.271 e. The van der Waals surface area contributed by atoms with Crippen LogP contribution in [-0.2, 0) is 19.5 Å². The van der Waals surface area contributed by atoms with Gasteiger partial charge in [-0.1, -0.05) is 48.5 Å². The lowest BCUT2D eigenvalue weighted by Gasteiger charge is -2.28. The first kappa shape index (κ1) is 20.0. The summed E-state index contributed by atoms with van der Waals surface area (Å²) < 4.78 is 13.0. The van der Waals surface area contributed by atoms with Crippen LogP contribution in [0.5, 0.6) is 0 Å². The summed E-state index contributed by atoms with van der Waals surface area (Å²) in [6, 6.07) is 22.2. The Hall–Kier alpha value is -3.31. The van der Waals surface area contributed by atoms with Crippen LogP contribution in [0.25, 0.3) is 0 Å². The third-order valence-electron chi connectivity index (χ3n) is 5.42. The van der Waals surface area contributed by atoms with Crippen molar-refractivity contribution in [2.45, 2.75) is 26.4 Å². The summed E-state index contributed by atoms with van der Waals surface area (Å²) in [7, 11) is 0. The van der Waals surface area contributed by atoms with Crippen molar-refractivity contribution < 1.29 is 9.18 Å². The number of halogens is 1. The second-order valence-electron chi connectivity index (χ2n) is 7.57. The van der Waals surface area contributed by atoms with Crippen molar-refractivity contribution in [1.29, 1.82) is 0 Å². The molecule has 1 amide bonds. The fraction of sp³-hybridized carbons (Fsp3) is 0.200. The highest BCUT2D eigenvalue weighted by atomic mass is 19.1. The van der Waals surface area contributed by atoms with Crippen molar-refractivity contribution in [2.75, 3.05) is 6.54 Å². The SMILES string of the molecule is CC(=NNC(=O)c1ccc(CN2CCc3ccccc3C2)cc1)c1ccc(F)cc1. The van der Waals surface area contributed by atoms with Crippen molar-refractivity contribution >= 4 is 11.6 Å². The van der Waals surface area contributed by atoms with E-state index in [1.54, 1.807) is 19.1 Å². The Morgan fingerprint density at radius 1 is 0.967 bits per heavy atom. The first-order valence-electron chi connectivity index (χ1n) is 10.1. The van der Waals surface area contributed by atoms with E-state index < -0.39 is 0 Å². The average molecular weight is 401 g/mol. The van der Waals surface area contributed by atoms with Gasteiger partial charge in [-0.25, -0.2) is 9.82 Å². The van der Waals surface area contributed by atoms with Crippen LogP contribution in [0.1, 0.15) is 39.5 Å². The Bertz CT molecular complexity index is 1060. The smallest absolute Gasteiger partial charge is 0.271 e. The molecule has 152 valence electrons. The van der Waals surface area contributed by atoms with Gasteiger partial charge in [-0.05, 0) is 59.9 Å². The summed E-state index contributed by atoms with van der Waals surface area (Å²) in [5, 5.41) is 4.12. The summed E-state index contributed by atoms with van der Waals surface area (Å²) in [6.07, 6.45) is 1.07. The van der Waals surface area contributed by atoms with Gasteiger partial charge in [-0.15, -0.1) is 0 Å². The molecule has 0 bridgehead atoms. The zero-order valence-electron chi connectivity index (χ0n) is 16.9. The van der Waals surface area contributed by atoms with Crippen LogP contribution in [-0.4, -0.2) is 23.1 Å². The number of hydrogen-bond donors (Lipinski definition) is 1. The number of fused-ring (bicyclic) bond motifs is 1. The number of amides is 1. The van der Waals surface area contributed by atoms with E-state index in [-0.39, 0.29) is 11.7 Å². The van der Waals surface area contributed by atoms with E-state index in [1.165, 1.54) is 28.8 Å². The minimum Gasteiger partial charge on any atom is -0.294 e. The lowest BCUT2D eigenvalue weighted by molar-refractivity contribution is 0.0955. The third-order valence-corrected chi connectivity index (χ3v) is 5.42. The number of nitrogens with one attached hydrogen (secondary N) is 1. The molecule has 0 spiro atoms. The molecular formula is C25H24FN3O. The largest absolute Gasteiger partial charge is 0.294 e. The molecule has 4 nitrogen and oxygen atoms in total. The second-order valence-corrected chi connectivity index (χ2v) is 7.57. The predicted molar refractivity (Wildman–Crippen MR) is 117 cm³/mol. The summed E-state index contributed by atoms with van der Waals surface area (Å²) >= 11 is 0. The van der Waals surface area contributed by atoms with E-state index in [9.17, 15) is 9.18 Å². The molecule has 0 radical (unpaired) electrons. The van der Waals surface area contributed by atoms with Crippen LogP contribution in [0.4, 0.5) is 4.39 Å². The third kappa shape index (κ3) is 4.81. The molecule has 0 fully saturated rings. The molecule has 5 heteroatoms. The van der Waals surface area contributed by atoms with Gasteiger partial charge in [-0.2, -0.15) is 5.10 Å². The molecular weight excluding hydrogens is 377 g/mol. The first-order valence-corrected chi connectivity index (χ1v) is 10.1. The molecule has 0 saturated carbocycles. The van der Waals surface area contributed by atoms with Crippen LogP contribution < -0.4 is 5.43 Å². The van der Waals surface area contributed by atoms with E-state index >= 15 is 0 Å². The Kier molecular flexibility index (Phi) is 6.00. The van der Waals surface area contributed by atoms with E-state index in [0.29, 0.717) is 11.3 Å². The van der Waals surface area contributed by atoms with Gasteiger partial charge >= 0.3 is 0 Å². The van der Waals surface area contributed by atoms with Gasteiger partial charge in [-0.3, -0.25) is 9.69 Å². The maximum absolute atomic E-state index is 13.0. The number of nitrogens with zero attached hydrogens (tertiary/aromatic N) is 2. The molecule has 1 aliphatic heterocycles. The lowest BCUT2D eigenvalue weighted by Crippen LogP contribution is -2.30. The van der Waals surface area contributed by atoms with Crippen molar-refractivity contribution in [1.82, 2.24) is 10.3 Å². The highest BCUT2D eigenvalue weighted by Gasteiger charge is 2.16. The number of carbonyl (C=O) groups excluding carboxylic acids is 1. The van der Waals surface area contributed by atoms with Gasteiger partial charge in [0.2, 0.25) is 0 Å². The number of benzene rings is 3. The highest BCUT2D eigenvalue weighted by molar-refractivity contribution is 6.00. The average Bonchev–Trinajstić information content (AvgIpc) is 2.78. The lowest BCUT2D eigenvalue weighted by atomic mass is 9.99. The number of carbonyl (C=O) groups is 1. The second kappa shape index (κ2) is 9.01. The summed E-state index contributed by atoms with van der Waals surface area (Å²) in [6.45, 7) is 4.62. The molecule has 0 aromatic heterocycles. The zero-order chi connectivity index (χ0) is 20.9. The van der Waals surface area contributed by atoms with Crippen molar-refractivity contribution in [2.24, 2.45) is 5.10 Å². The Balaban J connectivity index is 1.34. The van der Waals surface area contributed by atoms with Crippen LogP contribution in [0.3, 0.4) is 0 Å². The number of hydrazone groups is 1. The topological polar surface area (TPSA) is 44.7 Å². The Morgan fingerprint density at radius 3 is 2.37 bits per heavy atom. The summed E-state index contributed by atoms with van der Waals surface area (Å²) in [5.41, 5.74) is 8.52. The highest BCUT2D eigenvalue weighted by Crippen LogP contribution is 2.20. The van der Waals surface area contributed by atoms with Gasteiger partial charge in [0.25, 0.3) is 5.91 Å². The quantitative estimate of drug-likeness (QED) is 0.504. The van der Waals surface area contributed by atoms with Crippen molar-refractivity contribution in [3.05, 3.63) is 106 Å². The summed E-state index contributed by atoms with van der Waals surface area (Å²) in [5.74, 6) is -0.570. The Labute approximate surface area is 176 Å². The van der Waals surface area contributed by atoms with E-state index in [2.05, 4.69) is 39.7 Å². The van der Waals surface area contributed by atoms with Gasteiger partial charge in [0.05, 0.1) is 5.71 Å². The molecule has 1 heterocycles. The normalized spacial score (nSPS) is 14.3. The first-order chi connectivity index (χ1) is 14.6. The number of hydrogen-bond acceptors (Lipinski definition) is 3. The van der Waals surface area contributed by atoms with E-state index in [0.717, 1.165) is 31.6 Å². The molecule has 4 rings (SSSR count). The molecule has 3 aromatic carbocycles. The summed E-state index contributed by atoms with van der Waals surface area (Å²) in [4.78, 5) is 14.8. The fourth-order valence-corrected chi connectivity index (χ4v) is 3.66. The monoisotopic (exact) mass is 401 g/mol. The zero-order valence-corrected chi connectivity index (χ0v) is 16.9. The van der Waals surface area contributed by atoms with Crippen molar-refractivity contribution in [3.63, 3.8) is 0 Å². The molecule has 0 saturated heterocycles.